The molecule has 0 aliphatic carbocycles. The lowest BCUT2D eigenvalue weighted by Crippen LogP contribution is -2.56. The second kappa shape index (κ2) is 8.13. The van der Waals surface area contributed by atoms with E-state index in [0.717, 1.165) is 11.5 Å². The number of piperazine rings is 1. The molecule has 1 saturated heterocycles. The van der Waals surface area contributed by atoms with Crippen molar-refractivity contribution in [2.24, 2.45) is 5.92 Å². The first-order valence-electron chi connectivity index (χ1n) is 9.99. The molecular formula is C20H25N7O3. The number of fused-ring (bicyclic) bond motifs is 1. The predicted molar refractivity (Wildman–Crippen MR) is 109 cm³/mol. The maximum absolute atomic E-state index is 13.1. The number of carbonyl (C=O) groups excluding carboxylic acids is 2. The molecule has 1 N–H and O–H groups in total. The summed E-state index contributed by atoms with van der Waals surface area (Å²) >= 11 is 0. The van der Waals surface area contributed by atoms with E-state index in [1.165, 1.54) is 12.6 Å². The number of aromatic nitrogens is 4. The molecule has 4 heterocycles. The first-order chi connectivity index (χ1) is 14.4. The highest BCUT2D eigenvalue weighted by Crippen LogP contribution is 2.19. The van der Waals surface area contributed by atoms with Crippen molar-refractivity contribution in [1.29, 1.82) is 0 Å². The fourth-order valence-electron chi connectivity index (χ4n) is 3.62. The summed E-state index contributed by atoms with van der Waals surface area (Å²) in [6.07, 6.45) is 2.92. The van der Waals surface area contributed by atoms with Crippen LogP contribution in [0.1, 0.15) is 30.1 Å². The van der Waals surface area contributed by atoms with Crippen LogP contribution in [-0.2, 0) is 4.79 Å². The highest BCUT2D eigenvalue weighted by atomic mass is 16.3. The van der Waals surface area contributed by atoms with Crippen molar-refractivity contribution < 1.29 is 14.0 Å². The van der Waals surface area contributed by atoms with Crippen LogP contribution in [0.2, 0.25) is 0 Å². The van der Waals surface area contributed by atoms with E-state index in [9.17, 15) is 9.59 Å². The molecule has 0 aromatic carbocycles. The van der Waals surface area contributed by atoms with Gasteiger partial charge in [0.15, 0.2) is 5.76 Å². The van der Waals surface area contributed by atoms with Gasteiger partial charge in [-0.15, -0.1) is 0 Å². The molecule has 2 amide bonds. The molecule has 1 unspecified atom stereocenters. The predicted octanol–water partition coefficient (Wildman–Crippen LogP) is 1.13. The summed E-state index contributed by atoms with van der Waals surface area (Å²) in [4.78, 5) is 38.0. The number of rotatable bonds is 5. The lowest BCUT2D eigenvalue weighted by atomic mass is 10.0. The molecule has 158 valence electrons. The minimum Gasteiger partial charge on any atom is -0.459 e. The van der Waals surface area contributed by atoms with Gasteiger partial charge >= 0.3 is 0 Å². The van der Waals surface area contributed by atoms with E-state index in [2.05, 4.69) is 25.3 Å². The topological polar surface area (TPSA) is 109 Å². The Bertz CT molecular complexity index is 1040. The van der Waals surface area contributed by atoms with E-state index in [4.69, 9.17) is 4.42 Å². The number of hydrogen-bond donors (Lipinski definition) is 1. The summed E-state index contributed by atoms with van der Waals surface area (Å²) in [7, 11) is 0. The van der Waals surface area contributed by atoms with Crippen molar-refractivity contribution in [1.82, 2.24) is 29.8 Å². The SMILES string of the molecule is Cc1cc(N2CCN(C(=O)C(NC(=O)c3ccco3)C(C)C)CC2)n2ncnc2n1. The van der Waals surface area contributed by atoms with Gasteiger partial charge in [0.2, 0.25) is 5.91 Å². The van der Waals surface area contributed by atoms with Crippen LogP contribution in [0.3, 0.4) is 0 Å². The van der Waals surface area contributed by atoms with Crippen LogP contribution >= 0.6 is 0 Å². The molecule has 0 spiro atoms. The van der Waals surface area contributed by atoms with Gasteiger partial charge in [-0.05, 0) is 25.0 Å². The lowest BCUT2D eigenvalue weighted by molar-refractivity contribution is -0.134. The van der Waals surface area contributed by atoms with Crippen LogP contribution in [0.25, 0.3) is 5.78 Å². The third-order valence-corrected chi connectivity index (χ3v) is 5.24. The molecular weight excluding hydrogens is 386 g/mol. The zero-order valence-electron chi connectivity index (χ0n) is 17.3. The third-order valence-electron chi connectivity index (χ3n) is 5.24. The first kappa shape index (κ1) is 19.9. The van der Waals surface area contributed by atoms with E-state index in [1.54, 1.807) is 21.5 Å². The van der Waals surface area contributed by atoms with Crippen LogP contribution in [0, 0.1) is 12.8 Å². The third kappa shape index (κ3) is 3.85. The van der Waals surface area contributed by atoms with Gasteiger partial charge in [-0.2, -0.15) is 14.6 Å². The maximum atomic E-state index is 13.1. The quantitative estimate of drug-likeness (QED) is 0.670. The minimum absolute atomic E-state index is 0.0490. The van der Waals surface area contributed by atoms with E-state index >= 15 is 0 Å². The molecule has 0 bridgehead atoms. The Morgan fingerprint density at radius 2 is 1.97 bits per heavy atom. The van der Waals surface area contributed by atoms with Crippen LogP contribution < -0.4 is 10.2 Å². The van der Waals surface area contributed by atoms with Crippen molar-refractivity contribution in [3.05, 3.63) is 42.2 Å². The van der Waals surface area contributed by atoms with Crippen molar-refractivity contribution >= 4 is 23.4 Å². The molecule has 0 radical (unpaired) electrons. The van der Waals surface area contributed by atoms with E-state index in [1.807, 2.05) is 26.8 Å². The second-order valence-electron chi connectivity index (χ2n) is 7.71. The van der Waals surface area contributed by atoms with Gasteiger partial charge in [0, 0.05) is 37.9 Å². The molecule has 4 rings (SSSR count). The number of anilines is 1. The Morgan fingerprint density at radius 1 is 1.20 bits per heavy atom. The Hall–Kier alpha value is -3.43. The molecule has 1 fully saturated rings. The van der Waals surface area contributed by atoms with Gasteiger partial charge in [-0.25, -0.2) is 4.98 Å². The molecule has 1 aliphatic heterocycles. The number of amides is 2. The zero-order chi connectivity index (χ0) is 21.3. The molecule has 3 aromatic heterocycles. The fourth-order valence-corrected chi connectivity index (χ4v) is 3.62. The number of nitrogens with one attached hydrogen (secondary N) is 1. The highest BCUT2D eigenvalue weighted by Gasteiger charge is 2.32. The van der Waals surface area contributed by atoms with Gasteiger partial charge in [-0.1, -0.05) is 13.8 Å². The number of carbonyl (C=O) groups is 2. The molecule has 0 saturated carbocycles. The number of hydrogen-bond acceptors (Lipinski definition) is 7. The standard InChI is InChI=1S/C20H25N7O3/c1-13(2)17(24-18(28)15-5-4-10-30-15)19(29)26-8-6-25(7-9-26)16-11-14(3)23-20-21-12-22-27(16)20/h4-5,10-13,17H,6-9H2,1-3H3,(H,24,28). The zero-order valence-corrected chi connectivity index (χ0v) is 17.3. The van der Waals surface area contributed by atoms with Crippen molar-refractivity contribution in [2.45, 2.75) is 26.8 Å². The monoisotopic (exact) mass is 411 g/mol. The van der Waals surface area contributed by atoms with Crippen molar-refractivity contribution in [3.63, 3.8) is 0 Å². The largest absolute Gasteiger partial charge is 0.459 e. The summed E-state index contributed by atoms with van der Waals surface area (Å²) in [6, 6.07) is 4.59. The van der Waals surface area contributed by atoms with E-state index in [-0.39, 0.29) is 23.5 Å². The van der Waals surface area contributed by atoms with E-state index < -0.39 is 6.04 Å². The molecule has 10 nitrogen and oxygen atoms in total. The number of nitrogens with zero attached hydrogens (tertiary/aromatic N) is 6. The van der Waals surface area contributed by atoms with Crippen LogP contribution in [0.15, 0.2) is 35.2 Å². The molecule has 30 heavy (non-hydrogen) atoms. The van der Waals surface area contributed by atoms with Gasteiger partial charge in [-0.3, -0.25) is 9.59 Å². The number of furan rings is 1. The fraction of sp³-hybridized carbons (Fsp3) is 0.450. The average Bonchev–Trinajstić information content (AvgIpc) is 3.42. The average molecular weight is 411 g/mol. The smallest absolute Gasteiger partial charge is 0.287 e. The summed E-state index contributed by atoms with van der Waals surface area (Å²) < 4.78 is 6.85. The van der Waals surface area contributed by atoms with Gasteiger partial charge < -0.3 is 19.5 Å². The molecule has 1 aliphatic rings. The second-order valence-corrected chi connectivity index (χ2v) is 7.71. The molecule has 1 atom stereocenters. The van der Waals surface area contributed by atoms with Crippen LogP contribution in [-0.4, -0.2) is 68.5 Å². The van der Waals surface area contributed by atoms with Crippen molar-refractivity contribution in [3.8, 4) is 0 Å². The maximum Gasteiger partial charge on any atom is 0.287 e. The Balaban J connectivity index is 1.43. The van der Waals surface area contributed by atoms with Gasteiger partial charge in [0.1, 0.15) is 18.2 Å². The molecule has 10 heteroatoms. The summed E-state index contributed by atoms with van der Waals surface area (Å²) in [5.74, 6) is 1.15. The normalized spacial score (nSPS) is 15.6. The summed E-state index contributed by atoms with van der Waals surface area (Å²) in [5, 5.41) is 7.08. The Kier molecular flexibility index (Phi) is 5.39. The first-order valence-corrected chi connectivity index (χ1v) is 9.99. The van der Waals surface area contributed by atoms with Crippen LogP contribution in [0.5, 0.6) is 0 Å². The summed E-state index contributed by atoms with van der Waals surface area (Å²) in [5.41, 5.74) is 0.865. The lowest BCUT2D eigenvalue weighted by Gasteiger charge is -2.38. The van der Waals surface area contributed by atoms with Crippen molar-refractivity contribution in [2.75, 3.05) is 31.1 Å². The van der Waals surface area contributed by atoms with E-state index in [0.29, 0.717) is 32.0 Å². The highest BCUT2D eigenvalue weighted by molar-refractivity contribution is 5.95. The Morgan fingerprint density at radius 3 is 2.63 bits per heavy atom. The Labute approximate surface area is 173 Å². The number of aryl methyl sites for hydroxylation is 1. The summed E-state index contributed by atoms with van der Waals surface area (Å²) in [6.45, 7) is 8.17. The minimum atomic E-state index is -0.612. The van der Waals surface area contributed by atoms with Gasteiger partial charge in [0.25, 0.3) is 11.7 Å². The van der Waals surface area contributed by atoms with Gasteiger partial charge in [0.05, 0.1) is 6.26 Å². The van der Waals surface area contributed by atoms with Crippen LogP contribution in [0.4, 0.5) is 5.82 Å². The molecule has 3 aromatic rings.